The van der Waals surface area contributed by atoms with Crippen LogP contribution in [0.3, 0.4) is 0 Å². The third-order valence-corrected chi connectivity index (χ3v) is 3.03. The van der Waals surface area contributed by atoms with Gasteiger partial charge in [-0.25, -0.2) is 0 Å². The van der Waals surface area contributed by atoms with Crippen molar-refractivity contribution in [3.8, 4) is 0 Å². The van der Waals surface area contributed by atoms with Crippen molar-refractivity contribution in [1.29, 1.82) is 0 Å². The summed E-state index contributed by atoms with van der Waals surface area (Å²) < 4.78 is 36.4. The molecule has 0 fully saturated rings. The van der Waals surface area contributed by atoms with Gasteiger partial charge >= 0.3 is 5.51 Å². The fourth-order valence-electron chi connectivity index (χ4n) is 1.02. The predicted octanol–water partition coefficient (Wildman–Crippen LogP) is 4.17. The smallest absolute Gasteiger partial charge is 0.258 e. The molecule has 0 unspecified atom stereocenters. The SMILES string of the molecule is Cc1cc([N+](=O)[O-])cc(SC(F)(F)F)c1Cl. The number of rotatable bonds is 2. The summed E-state index contributed by atoms with van der Waals surface area (Å²) in [5, 5.41) is 10.3. The summed E-state index contributed by atoms with van der Waals surface area (Å²) >= 11 is 5.17. The molecule has 1 rings (SSSR count). The van der Waals surface area contributed by atoms with Gasteiger partial charge in [-0.15, -0.1) is 0 Å². The maximum atomic E-state index is 12.1. The molecule has 0 saturated carbocycles. The summed E-state index contributed by atoms with van der Waals surface area (Å²) in [5.41, 5.74) is -4.69. The second-order valence-electron chi connectivity index (χ2n) is 2.88. The molecule has 0 aliphatic rings. The van der Waals surface area contributed by atoms with E-state index in [4.69, 9.17) is 11.6 Å². The van der Waals surface area contributed by atoms with E-state index in [0.29, 0.717) is 0 Å². The third-order valence-electron chi connectivity index (χ3n) is 1.64. The van der Waals surface area contributed by atoms with Crippen molar-refractivity contribution in [2.75, 3.05) is 0 Å². The molecule has 0 N–H and O–H groups in total. The summed E-state index contributed by atoms with van der Waals surface area (Å²) in [6.07, 6.45) is 0. The Morgan fingerprint density at radius 2 is 2.00 bits per heavy atom. The highest BCUT2D eigenvalue weighted by Crippen LogP contribution is 2.42. The fourth-order valence-corrected chi connectivity index (χ4v) is 1.93. The Kier molecular flexibility index (Phi) is 3.69. The zero-order valence-electron chi connectivity index (χ0n) is 7.84. The van der Waals surface area contributed by atoms with Gasteiger partial charge in [0.05, 0.1) is 9.95 Å². The van der Waals surface area contributed by atoms with Crippen molar-refractivity contribution in [2.24, 2.45) is 0 Å². The number of thioether (sulfide) groups is 1. The van der Waals surface area contributed by atoms with Gasteiger partial charge in [-0.05, 0) is 24.2 Å². The number of aryl methyl sites for hydroxylation is 1. The molecule has 1 aromatic carbocycles. The first-order valence-electron chi connectivity index (χ1n) is 3.91. The van der Waals surface area contributed by atoms with Crippen LogP contribution in [0.25, 0.3) is 0 Å². The maximum absolute atomic E-state index is 12.1. The number of alkyl halides is 3. The van der Waals surface area contributed by atoms with Crippen molar-refractivity contribution in [3.05, 3.63) is 32.8 Å². The number of hydrogen-bond acceptors (Lipinski definition) is 3. The molecule has 8 heteroatoms. The predicted molar refractivity (Wildman–Crippen MR) is 54.8 cm³/mol. The lowest BCUT2D eigenvalue weighted by molar-refractivity contribution is -0.385. The summed E-state index contributed by atoms with van der Waals surface area (Å²) in [5.74, 6) is 0. The highest BCUT2D eigenvalue weighted by atomic mass is 35.5. The van der Waals surface area contributed by atoms with E-state index in [0.717, 1.165) is 12.1 Å². The van der Waals surface area contributed by atoms with Gasteiger partial charge in [0, 0.05) is 17.0 Å². The number of hydrogen-bond donors (Lipinski definition) is 0. The Morgan fingerprint density at radius 3 is 2.44 bits per heavy atom. The van der Waals surface area contributed by atoms with Crippen LogP contribution < -0.4 is 0 Å². The second-order valence-corrected chi connectivity index (χ2v) is 4.36. The van der Waals surface area contributed by atoms with Crippen LogP contribution in [-0.4, -0.2) is 10.4 Å². The van der Waals surface area contributed by atoms with Gasteiger partial charge in [-0.1, -0.05) is 11.6 Å². The van der Waals surface area contributed by atoms with Crippen molar-refractivity contribution in [3.63, 3.8) is 0 Å². The Bertz CT molecular complexity index is 436. The number of benzene rings is 1. The Morgan fingerprint density at radius 1 is 1.44 bits per heavy atom. The maximum Gasteiger partial charge on any atom is 0.446 e. The summed E-state index contributed by atoms with van der Waals surface area (Å²) in [6.45, 7) is 1.41. The van der Waals surface area contributed by atoms with E-state index in [2.05, 4.69) is 0 Å². The number of non-ortho nitro benzene ring substituents is 1. The molecule has 3 nitrogen and oxygen atoms in total. The minimum atomic E-state index is -4.52. The van der Waals surface area contributed by atoms with Crippen LogP contribution in [0.15, 0.2) is 17.0 Å². The van der Waals surface area contributed by atoms with Crippen LogP contribution in [0.1, 0.15) is 5.56 Å². The molecule has 1 aromatic rings. The monoisotopic (exact) mass is 271 g/mol. The lowest BCUT2D eigenvalue weighted by Crippen LogP contribution is -2.00. The molecule has 0 aliphatic heterocycles. The second kappa shape index (κ2) is 4.50. The highest BCUT2D eigenvalue weighted by molar-refractivity contribution is 8.00. The van der Waals surface area contributed by atoms with Crippen molar-refractivity contribution in [1.82, 2.24) is 0 Å². The van der Waals surface area contributed by atoms with Crippen molar-refractivity contribution >= 4 is 29.1 Å². The van der Waals surface area contributed by atoms with Gasteiger partial charge in [-0.3, -0.25) is 10.1 Å². The fraction of sp³-hybridized carbons (Fsp3) is 0.250. The zero-order valence-corrected chi connectivity index (χ0v) is 9.41. The molecule has 16 heavy (non-hydrogen) atoms. The van der Waals surface area contributed by atoms with Gasteiger partial charge in [0.1, 0.15) is 0 Å². The molecule has 0 heterocycles. The normalized spacial score (nSPS) is 11.6. The highest BCUT2D eigenvalue weighted by Gasteiger charge is 2.31. The Hall–Kier alpha value is -0.950. The molecule has 0 aliphatic carbocycles. The lowest BCUT2D eigenvalue weighted by Gasteiger charge is -2.08. The first-order valence-corrected chi connectivity index (χ1v) is 5.10. The number of halogens is 4. The van der Waals surface area contributed by atoms with Crippen LogP contribution >= 0.6 is 23.4 Å². The van der Waals surface area contributed by atoms with Crippen LogP contribution in [0, 0.1) is 17.0 Å². The lowest BCUT2D eigenvalue weighted by atomic mass is 10.2. The standard InChI is InChI=1S/C8H5ClF3NO2S/c1-4-2-5(13(14)15)3-6(7(4)9)16-8(10,11)12/h2-3H,1H3. The number of nitro benzene ring substituents is 1. The summed E-state index contributed by atoms with van der Waals surface area (Å²) in [6, 6.07) is 1.94. The minimum absolute atomic E-state index is 0.118. The average Bonchev–Trinajstić information content (AvgIpc) is 2.10. The molecule has 88 valence electrons. The van der Waals surface area contributed by atoms with Crippen LogP contribution in [0.4, 0.5) is 18.9 Å². The third kappa shape index (κ3) is 3.28. The average molecular weight is 272 g/mol. The topological polar surface area (TPSA) is 43.1 Å². The molecule has 0 spiro atoms. The van der Waals surface area contributed by atoms with E-state index in [1.165, 1.54) is 6.92 Å². The van der Waals surface area contributed by atoms with E-state index in [-0.39, 0.29) is 15.5 Å². The molecule has 0 radical (unpaired) electrons. The molecule has 0 amide bonds. The van der Waals surface area contributed by atoms with Gasteiger partial charge in [0.2, 0.25) is 0 Å². The van der Waals surface area contributed by atoms with Gasteiger partial charge in [0.25, 0.3) is 5.69 Å². The van der Waals surface area contributed by atoms with E-state index in [9.17, 15) is 23.3 Å². The molecule has 0 saturated heterocycles. The van der Waals surface area contributed by atoms with E-state index in [1.54, 1.807) is 0 Å². The van der Waals surface area contributed by atoms with Crippen LogP contribution in [-0.2, 0) is 0 Å². The van der Waals surface area contributed by atoms with Gasteiger partial charge in [-0.2, -0.15) is 13.2 Å². The summed E-state index contributed by atoms with van der Waals surface area (Å²) in [7, 11) is 0. The van der Waals surface area contributed by atoms with E-state index >= 15 is 0 Å². The number of nitrogens with zero attached hydrogens (tertiary/aromatic N) is 1. The molecular weight excluding hydrogens is 267 g/mol. The van der Waals surface area contributed by atoms with Gasteiger partial charge in [0.15, 0.2) is 0 Å². The minimum Gasteiger partial charge on any atom is -0.258 e. The largest absolute Gasteiger partial charge is 0.446 e. The Balaban J connectivity index is 3.22. The zero-order chi connectivity index (χ0) is 12.5. The quantitative estimate of drug-likeness (QED) is 0.461. The summed E-state index contributed by atoms with van der Waals surface area (Å²) in [4.78, 5) is 9.33. The molecule has 0 atom stereocenters. The molecule has 0 aromatic heterocycles. The van der Waals surface area contributed by atoms with E-state index in [1.807, 2.05) is 0 Å². The van der Waals surface area contributed by atoms with Crippen molar-refractivity contribution < 1.29 is 18.1 Å². The number of nitro groups is 1. The first-order chi connectivity index (χ1) is 7.20. The Labute approximate surface area is 97.7 Å². The van der Waals surface area contributed by atoms with E-state index < -0.39 is 27.9 Å². The van der Waals surface area contributed by atoms with Crippen LogP contribution in [0.5, 0.6) is 0 Å². The van der Waals surface area contributed by atoms with Crippen molar-refractivity contribution in [2.45, 2.75) is 17.3 Å². The molecular formula is C8H5ClF3NO2S. The van der Waals surface area contributed by atoms with Gasteiger partial charge < -0.3 is 0 Å². The van der Waals surface area contributed by atoms with Crippen LogP contribution in [0.2, 0.25) is 5.02 Å². The molecule has 0 bridgehead atoms. The first kappa shape index (κ1) is 13.1.